The van der Waals surface area contributed by atoms with Crippen LogP contribution in [-0.2, 0) is 0 Å². The van der Waals surface area contributed by atoms with Gasteiger partial charge in [-0.15, -0.1) is 0 Å². The number of hydrogen-bond acceptors (Lipinski definition) is 0. The molecular formula is C12H24. The van der Waals surface area contributed by atoms with Crippen molar-refractivity contribution < 1.29 is 0 Å². The summed E-state index contributed by atoms with van der Waals surface area (Å²) in [6, 6.07) is 0. The van der Waals surface area contributed by atoms with E-state index in [4.69, 9.17) is 0 Å². The topological polar surface area (TPSA) is 0 Å². The van der Waals surface area contributed by atoms with E-state index >= 15 is 0 Å². The van der Waals surface area contributed by atoms with Crippen LogP contribution in [0, 0.1) is 23.2 Å². The molecule has 0 heterocycles. The van der Waals surface area contributed by atoms with Crippen molar-refractivity contribution in [2.24, 2.45) is 23.2 Å². The van der Waals surface area contributed by atoms with E-state index < -0.39 is 0 Å². The Morgan fingerprint density at radius 2 is 1.92 bits per heavy atom. The van der Waals surface area contributed by atoms with Gasteiger partial charge in [0.25, 0.3) is 0 Å². The molecule has 0 spiro atoms. The van der Waals surface area contributed by atoms with Crippen LogP contribution in [0.4, 0.5) is 0 Å². The van der Waals surface area contributed by atoms with Crippen LogP contribution in [0.5, 0.6) is 0 Å². The molecule has 1 fully saturated rings. The van der Waals surface area contributed by atoms with Gasteiger partial charge in [0, 0.05) is 0 Å². The third-order valence-corrected chi connectivity index (χ3v) is 3.77. The predicted octanol–water partition coefficient (Wildman–Crippen LogP) is 4.10. The lowest BCUT2D eigenvalue weighted by Gasteiger charge is -2.22. The van der Waals surface area contributed by atoms with E-state index in [2.05, 4.69) is 34.6 Å². The minimum atomic E-state index is 0.619. The molecule has 0 amide bonds. The Morgan fingerprint density at radius 3 is 2.25 bits per heavy atom. The highest BCUT2D eigenvalue weighted by Crippen LogP contribution is 2.48. The van der Waals surface area contributed by atoms with Crippen LogP contribution in [-0.4, -0.2) is 0 Å². The Kier molecular flexibility index (Phi) is 2.85. The van der Waals surface area contributed by atoms with E-state index in [-0.39, 0.29) is 0 Å². The SMILES string of the molecule is CCC(C)C1CC(C)(C)CC1C. The molecule has 0 aromatic heterocycles. The van der Waals surface area contributed by atoms with Gasteiger partial charge in [-0.05, 0) is 36.0 Å². The van der Waals surface area contributed by atoms with Crippen molar-refractivity contribution in [3.63, 3.8) is 0 Å². The van der Waals surface area contributed by atoms with Gasteiger partial charge in [0.05, 0.1) is 0 Å². The van der Waals surface area contributed by atoms with Crippen molar-refractivity contribution in [1.29, 1.82) is 0 Å². The van der Waals surface area contributed by atoms with E-state index in [1.807, 2.05) is 0 Å². The summed E-state index contributed by atoms with van der Waals surface area (Å²) in [5.74, 6) is 2.88. The highest BCUT2D eigenvalue weighted by Gasteiger charge is 2.38. The highest BCUT2D eigenvalue weighted by atomic mass is 14.4. The fourth-order valence-electron chi connectivity index (χ4n) is 3.01. The summed E-state index contributed by atoms with van der Waals surface area (Å²) in [5, 5.41) is 0. The first-order chi connectivity index (χ1) is 5.46. The smallest absolute Gasteiger partial charge is 0.0349 e. The number of rotatable bonds is 2. The molecule has 1 rings (SSSR count). The van der Waals surface area contributed by atoms with Gasteiger partial charge in [-0.25, -0.2) is 0 Å². The monoisotopic (exact) mass is 168 g/mol. The maximum absolute atomic E-state index is 2.44. The molecule has 72 valence electrons. The van der Waals surface area contributed by atoms with Crippen LogP contribution in [0.25, 0.3) is 0 Å². The molecule has 1 saturated carbocycles. The van der Waals surface area contributed by atoms with Gasteiger partial charge >= 0.3 is 0 Å². The average Bonchev–Trinajstić information content (AvgIpc) is 2.23. The molecular weight excluding hydrogens is 144 g/mol. The summed E-state index contributed by atoms with van der Waals surface area (Å²) in [7, 11) is 0. The van der Waals surface area contributed by atoms with Crippen molar-refractivity contribution in [2.75, 3.05) is 0 Å². The van der Waals surface area contributed by atoms with Crippen molar-refractivity contribution >= 4 is 0 Å². The molecule has 3 atom stereocenters. The fraction of sp³-hybridized carbons (Fsp3) is 1.00. The minimum Gasteiger partial charge on any atom is -0.0651 e. The molecule has 0 aromatic carbocycles. The van der Waals surface area contributed by atoms with Gasteiger partial charge in [0.1, 0.15) is 0 Å². The molecule has 12 heavy (non-hydrogen) atoms. The summed E-state index contributed by atoms with van der Waals surface area (Å²) >= 11 is 0. The zero-order chi connectivity index (χ0) is 9.35. The Balaban J connectivity index is 2.57. The normalized spacial score (nSPS) is 36.8. The molecule has 0 bridgehead atoms. The Bertz CT molecular complexity index is 146. The van der Waals surface area contributed by atoms with Crippen molar-refractivity contribution in [3.8, 4) is 0 Å². The van der Waals surface area contributed by atoms with Crippen LogP contribution in [0.15, 0.2) is 0 Å². The Labute approximate surface area is 77.7 Å². The minimum absolute atomic E-state index is 0.619. The molecule has 3 unspecified atom stereocenters. The van der Waals surface area contributed by atoms with Gasteiger partial charge in [-0.3, -0.25) is 0 Å². The molecule has 0 nitrogen and oxygen atoms in total. The molecule has 0 aliphatic heterocycles. The molecule has 0 saturated heterocycles. The van der Waals surface area contributed by atoms with E-state index in [1.165, 1.54) is 19.3 Å². The summed E-state index contributed by atoms with van der Waals surface area (Å²) in [6.45, 7) is 12.0. The average molecular weight is 168 g/mol. The summed E-state index contributed by atoms with van der Waals surface area (Å²) in [4.78, 5) is 0. The molecule has 1 aliphatic rings. The van der Waals surface area contributed by atoms with Crippen LogP contribution >= 0.6 is 0 Å². The standard InChI is InChI=1S/C12H24/c1-6-9(2)11-8-12(4,5)7-10(11)3/h9-11H,6-8H2,1-5H3. The second-order valence-corrected chi connectivity index (χ2v) is 5.60. The summed E-state index contributed by atoms with van der Waals surface area (Å²) in [5.41, 5.74) is 0.619. The van der Waals surface area contributed by atoms with Gasteiger partial charge in [-0.2, -0.15) is 0 Å². The largest absolute Gasteiger partial charge is 0.0651 e. The van der Waals surface area contributed by atoms with Gasteiger partial charge in [0.15, 0.2) is 0 Å². The second kappa shape index (κ2) is 3.40. The van der Waals surface area contributed by atoms with Crippen LogP contribution in [0.2, 0.25) is 0 Å². The Hall–Kier alpha value is 0. The Morgan fingerprint density at radius 1 is 1.33 bits per heavy atom. The van der Waals surface area contributed by atoms with Gasteiger partial charge in [-0.1, -0.05) is 41.0 Å². The molecule has 0 heteroatoms. The second-order valence-electron chi connectivity index (χ2n) is 5.60. The van der Waals surface area contributed by atoms with Crippen molar-refractivity contribution in [2.45, 2.75) is 53.9 Å². The number of hydrogen-bond donors (Lipinski definition) is 0. The quantitative estimate of drug-likeness (QED) is 0.582. The maximum atomic E-state index is 2.44. The van der Waals surface area contributed by atoms with Crippen molar-refractivity contribution in [3.05, 3.63) is 0 Å². The van der Waals surface area contributed by atoms with Crippen LogP contribution in [0.1, 0.15) is 53.9 Å². The molecule has 1 aliphatic carbocycles. The van der Waals surface area contributed by atoms with E-state index in [0.29, 0.717) is 5.41 Å². The van der Waals surface area contributed by atoms with Gasteiger partial charge in [0.2, 0.25) is 0 Å². The van der Waals surface area contributed by atoms with Crippen molar-refractivity contribution in [1.82, 2.24) is 0 Å². The summed E-state index contributed by atoms with van der Waals surface area (Å²) in [6.07, 6.45) is 4.23. The third kappa shape index (κ3) is 2.02. The fourth-order valence-corrected chi connectivity index (χ4v) is 3.01. The lowest BCUT2D eigenvalue weighted by Crippen LogP contribution is -2.13. The first kappa shape index (κ1) is 10.1. The predicted molar refractivity (Wildman–Crippen MR) is 55.1 cm³/mol. The van der Waals surface area contributed by atoms with E-state index in [0.717, 1.165) is 17.8 Å². The molecule has 0 radical (unpaired) electrons. The molecule has 0 N–H and O–H groups in total. The highest BCUT2D eigenvalue weighted by molar-refractivity contribution is 4.88. The molecule has 0 aromatic rings. The zero-order valence-electron chi connectivity index (χ0n) is 9.35. The lowest BCUT2D eigenvalue weighted by molar-refractivity contribution is 0.277. The van der Waals surface area contributed by atoms with Crippen LogP contribution in [0.3, 0.4) is 0 Å². The van der Waals surface area contributed by atoms with E-state index in [9.17, 15) is 0 Å². The van der Waals surface area contributed by atoms with Crippen LogP contribution < -0.4 is 0 Å². The van der Waals surface area contributed by atoms with Gasteiger partial charge < -0.3 is 0 Å². The first-order valence-corrected chi connectivity index (χ1v) is 5.46. The lowest BCUT2D eigenvalue weighted by atomic mass is 9.83. The van der Waals surface area contributed by atoms with E-state index in [1.54, 1.807) is 0 Å². The zero-order valence-corrected chi connectivity index (χ0v) is 9.35. The third-order valence-electron chi connectivity index (χ3n) is 3.77. The maximum Gasteiger partial charge on any atom is -0.0349 e. The first-order valence-electron chi connectivity index (χ1n) is 5.46. The summed E-state index contributed by atoms with van der Waals surface area (Å²) < 4.78 is 0.